The molecule has 0 amide bonds. The first-order chi connectivity index (χ1) is 12.1. The average Bonchev–Trinajstić information content (AvgIpc) is 3.14. The van der Waals surface area contributed by atoms with Crippen LogP contribution in [0.1, 0.15) is 28.9 Å². The van der Waals surface area contributed by atoms with Crippen molar-refractivity contribution < 1.29 is 0 Å². The van der Waals surface area contributed by atoms with Gasteiger partial charge in [0, 0.05) is 24.2 Å². The molecule has 0 spiro atoms. The summed E-state index contributed by atoms with van der Waals surface area (Å²) in [6.45, 7) is 5.70. The molecule has 0 N–H and O–H groups in total. The molecule has 0 unspecified atom stereocenters. The summed E-state index contributed by atoms with van der Waals surface area (Å²) >= 11 is 0. The van der Waals surface area contributed by atoms with Crippen LogP contribution in [0.25, 0.3) is 11.5 Å². The van der Waals surface area contributed by atoms with Crippen LogP contribution in [0.3, 0.4) is 0 Å². The van der Waals surface area contributed by atoms with Crippen molar-refractivity contribution in [1.82, 2.24) is 34.1 Å². The van der Waals surface area contributed by atoms with Crippen LogP contribution in [-0.2, 0) is 12.8 Å². The molecule has 126 valence electrons. The number of imidazole rings is 1. The van der Waals surface area contributed by atoms with Crippen molar-refractivity contribution in [3.63, 3.8) is 0 Å². The van der Waals surface area contributed by atoms with Gasteiger partial charge in [-0.15, -0.1) is 5.10 Å². The maximum absolute atomic E-state index is 4.64. The van der Waals surface area contributed by atoms with Gasteiger partial charge in [-0.2, -0.15) is 4.68 Å². The highest BCUT2D eigenvalue weighted by molar-refractivity contribution is 5.39. The quantitative estimate of drug-likeness (QED) is 0.573. The molecule has 0 aliphatic carbocycles. The molecule has 0 atom stereocenters. The largest absolute Gasteiger partial charge is 0.307 e. The second kappa shape index (κ2) is 6.08. The molecule has 4 aromatic heterocycles. The lowest BCUT2D eigenvalue weighted by atomic mass is 10.2. The van der Waals surface area contributed by atoms with Gasteiger partial charge in [0.1, 0.15) is 23.1 Å². The Morgan fingerprint density at radius 3 is 2.48 bits per heavy atom. The molecule has 4 heterocycles. The van der Waals surface area contributed by atoms with Gasteiger partial charge in [0.15, 0.2) is 5.82 Å². The number of hydrogen-bond acceptors (Lipinski definition) is 5. The topological polar surface area (TPSA) is 73.8 Å². The maximum atomic E-state index is 4.64. The summed E-state index contributed by atoms with van der Waals surface area (Å²) in [4.78, 5) is 18.0. The Hall–Kier alpha value is -3.09. The summed E-state index contributed by atoms with van der Waals surface area (Å²) in [5, 5.41) is 4.41. The lowest BCUT2D eigenvalue weighted by molar-refractivity contribution is 0.774. The van der Waals surface area contributed by atoms with Crippen molar-refractivity contribution in [2.24, 2.45) is 0 Å². The molecule has 4 rings (SSSR count). The van der Waals surface area contributed by atoms with Gasteiger partial charge in [0.05, 0.1) is 5.69 Å². The fourth-order valence-electron chi connectivity index (χ4n) is 2.95. The summed E-state index contributed by atoms with van der Waals surface area (Å²) in [5.74, 6) is 3.05. The van der Waals surface area contributed by atoms with Gasteiger partial charge in [-0.1, -0.05) is 6.07 Å². The second-order valence-corrected chi connectivity index (χ2v) is 6.08. The number of pyridine rings is 1. The minimum Gasteiger partial charge on any atom is -0.307 e. The fraction of sp³-hybridized carbons (Fsp3) is 0.278. The van der Waals surface area contributed by atoms with Crippen molar-refractivity contribution in [3.05, 3.63) is 65.5 Å². The Morgan fingerprint density at radius 1 is 0.880 bits per heavy atom. The minimum absolute atomic E-state index is 0.732. The third-order valence-electron chi connectivity index (χ3n) is 4.02. The monoisotopic (exact) mass is 333 g/mol. The summed E-state index contributed by atoms with van der Waals surface area (Å²) in [7, 11) is 0. The van der Waals surface area contributed by atoms with Gasteiger partial charge in [-0.25, -0.2) is 19.9 Å². The molecule has 25 heavy (non-hydrogen) atoms. The first kappa shape index (κ1) is 15.4. The Balaban J connectivity index is 1.59. The lowest BCUT2D eigenvalue weighted by Gasteiger charge is -2.06. The van der Waals surface area contributed by atoms with E-state index in [0.717, 1.165) is 53.2 Å². The van der Waals surface area contributed by atoms with Crippen molar-refractivity contribution >= 4 is 5.65 Å². The van der Waals surface area contributed by atoms with E-state index in [9.17, 15) is 0 Å². The van der Waals surface area contributed by atoms with E-state index in [1.165, 1.54) is 0 Å². The van der Waals surface area contributed by atoms with Crippen LogP contribution < -0.4 is 0 Å². The summed E-state index contributed by atoms with van der Waals surface area (Å²) < 4.78 is 3.80. The molecule has 0 saturated heterocycles. The third-order valence-corrected chi connectivity index (χ3v) is 4.02. The predicted octanol–water partition coefficient (Wildman–Crippen LogP) is 2.42. The molecule has 0 aliphatic rings. The normalized spacial score (nSPS) is 11.3. The van der Waals surface area contributed by atoms with E-state index in [1.54, 1.807) is 4.68 Å². The number of aromatic nitrogens is 7. The van der Waals surface area contributed by atoms with Gasteiger partial charge in [-0.3, -0.25) is 0 Å². The first-order valence-electron chi connectivity index (χ1n) is 8.26. The maximum Gasteiger partial charge on any atom is 0.159 e. The van der Waals surface area contributed by atoms with E-state index in [2.05, 4.69) is 31.2 Å². The number of rotatable bonds is 4. The highest BCUT2D eigenvalue weighted by Crippen LogP contribution is 2.12. The molecule has 0 radical (unpaired) electrons. The van der Waals surface area contributed by atoms with Crippen LogP contribution in [0.4, 0.5) is 0 Å². The second-order valence-electron chi connectivity index (χ2n) is 6.08. The van der Waals surface area contributed by atoms with Gasteiger partial charge in [-0.05, 0) is 45.7 Å². The number of hydrogen-bond donors (Lipinski definition) is 0. The van der Waals surface area contributed by atoms with Crippen LogP contribution in [0.5, 0.6) is 0 Å². The smallest absolute Gasteiger partial charge is 0.159 e. The van der Waals surface area contributed by atoms with Crippen LogP contribution in [0, 0.1) is 20.8 Å². The van der Waals surface area contributed by atoms with E-state index in [0.29, 0.717) is 0 Å². The van der Waals surface area contributed by atoms with E-state index in [4.69, 9.17) is 0 Å². The zero-order valence-electron chi connectivity index (χ0n) is 14.5. The van der Waals surface area contributed by atoms with Crippen LogP contribution >= 0.6 is 0 Å². The van der Waals surface area contributed by atoms with E-state index in [1.807, 2.05) is 55.6 Å². The van der Waals surface area contributed by atoms with Crippen LogP contribution in [-0.4, -0.2) is 34.1 Å². The van der Waals surface area contributed by atoms with Gasteiger partial charge in [0.25, 0.3) is 0 Å². The van der Waals surface area contributed by atoms with E-state index >= 15 is 0 Å². The third kappa shape index (κ3) is 3.13. The SMILES string of the molecule is Cc1nc(CCc2cn3ccccc3n2)cc(-n2nc(C)nc2C)n1. The van der Waals surface area contributed by atoms with Crippen LogP contribution in [0.2, 0.25) is 0 Å². The first-order valence-corrected chi connectivity index (χ1v) is 8.26. The van der Waals surface area contributed by atoms with Gasteiger partial charge < -0.3 is 4.40 Å². The Bertz CT molecular complexity index is 1010. The Morgan fingerprint density at radius 2 is 1.72 bits per heavy atom. The molecule has 0 saturated carbocycles. The standard InChI is InChI=1S/C18H19N7/c1-12-20-15(10-18(21-12)25-14(3)19-13(2)23-25)7-8-16-11-24-9-5-4-6-17(24)22-16/h4-6,9-11H,7-8H2,1-3H3. The minimum atomic E-state index is 0.732. The average molecular weight is 333 g/mol. The molecule has 0 fully saturated rings. The lowest BCUT2D eigenvalue weighted by Crippen LogP contribution is -2.07. The molecule has 7 heteroatoms. The molecule has 0 aliphatic heterocycles. The van der Waals surface area contributed by atoms with Crippen molar-refractivity contribution in [2.75, 3.05) is 0 Å². The van der Waals surface area contributed by atoms with Gasteiger partial charge in [0.2, 0.25) is 0 Å². The van der Waals surface area contributed by atoms with Crippen molar-refractivity contribution in [3.8, 4) is 5.82 Å². The van der Waals surface area contributed by atoms with Crippen molar-refractivity contribution in [1.29, 1.82) is 0 Å². The molecular formula is C18H19N7. The highest BCUT2D eigenvalue weighted by atomic mass is 15.4. The Labute approximate surface area is 145 Å². The van der Waals surface area contributed by atoms with E-state index < -0.39 is 0 Å². The number of fused-ring (bicyclic) bond motifs is 1. The van der Waals surface area contributed by atoms with E-state index in [-0.39, 0.29) is 0 Å². The zero-order valence-corrected chi connectivity index (χ0v) is 14.5. The van der Waals surface area contributed by atoms with Crippen LogP contribution in [0.15, 0.2) is 36.7 Å². The molecule has 7 nitrogen and oxygen atoms in total. The van der Waals surface area contributed by atoms with Gasteiger partial charge >= 0.3 is 0 Å². The summed E-state index contributed by atoms with van der Waals surface area (Å²) in [5.41, 5.74) is 3.00. The fourth-order valence-corrected chi connectivity index (χ4v) is 2.95. The Kier molecular flexibility index (Phi) is 3.76. The predicted molar refractivity (Wildman–Crippen MR) is 93.8 cm³/mol. The zero-order chi connectivity index (χ0) is 17.4. The highest BCUT2D eigenvalue weighted by Gasteiger charge is 2.10. The molecule has 0 aromatic carbocycles. The number of nitrogens with zero attached hydrogens (tertiary/aromatic N) is 7. The van der Waals surface area contributed by atoms with Crippen molar-refractivity contribution in [2.45, 2.75) is 33.6 Å². The molecule has 4 aromatic rings. The number of aryl methyl sites for hydroxylation is 5. The molecule has 0 bridgehead atoms. The summed E-state index contributed by atoms with van der Waals surface area (Å²) in [6, 6.07) is 7.98. The molecular weight excluding hydrogens is 314 g/mol. The summed E-state index contributed by atoms with van der Waals surface area (Å²) in [6.07, 6.45) is 5.70.